The van der Waals surface area contributed by atoms with Gasteiger partial charge in [0.25, 0.3) is 5.69 Å². The molecule has 0 saturated carbocycles. The van der Waals surface area contributed by atoms with Crippen molar-refractivity contribution in [1.82, 2.24) is 10.6 Å². The number of amides is 2. The first-order chi connectivity index (χ1) is 10.6. The molecule has 0 aliphatic rings. The first-order valence-corrected chi connectivity index (χ1v) is 7.44. The molecule has 2 N–H and O–H groups in total. The van der Waals surface area contributed by atoms with Crippen LogP contribution in [0, 0.1) is 10.1 Å². The van der Waals surface area contributed by atoms with E-state index in [0.717, 1.165) is 4.88 Å². The van der Waals surface area contributed by atoms with Crippen LogP contribution >= 0.6 is 11.3 Å². The number of nitro benzene ring substituents is 1. The summed E-state index contributed by atoms with van der Waals surface area (Å²) in [4.78, 5) is 22.6. The Balaban J connectivity index is 1.62. The first kappa shape index (κ1) is 15.8. The number of thiophene rings is 1. The van der Waals surface area contributed by atoms with E-state index in [-0.39, 0.29) is 18.3 Å². The molecule has 7 nitrogen and oxygen atoms in total. The average Bonchev–Trinajstić information content (AvgIpc) is 3.03. The maximum Gasteiger partial charge on any atom is 0.315 e. The van der Waals surface area contributed by atoms with E-state index < -0.39 is 4.92 Å². The van der Waals surface area contributed by atoms with E-state index in [1.807, 2.05) is 17.5 Å². The van der Waals surface area contributed by atoms with Gasteiger partial charge in [-0.15, -0.1) is 11.3 Å². The van der Waals surface area contributed by atoms with Crippen molar-refractivity contribution < 1.29 is 14.5 Å². The fraction of sp³-hybridized carbons (Fsp3) is 0.214. The number of hydrogen-bond donors (Lipinski definition) is 2. The van der Waals surface area contributed by atoms with Gasteiger partial charge in [-0.3, -0.25) is 10.1 Å². The fourth-order valence-corrected chi connectivity index (χ4v) is 2.29. The molecule has 2 aromatic rings. The molecule has 0 radical (unpaired) electrons. The van der Waals surface area contributed by atoms with Crippen molar-refractivity contribution in [2.75, 3.05) is 13.2 Å². The number of benzene rings is 1. The van der Waals surface area contributed by atoms with Gasteiger partial charge in [-0.05, 0) is 23.6 Å². The molecule has 8 heteroatoms. The van der Waals surface area contributed by atoms with E-state index >= 15 is 0 Å². The molecule has 0 aliphatic heterocycles. The minimum absolute atomic E-state index is 0.0124. The van der Waals surface area contributed by atoms with Crippen LogP contribution in [0.1, 0.15) is 4.88 Å². The molecule has 0 saturated heterocycles. The molecule has 116 valence electrons. The molecule has 0 atom stereocenters. The summed E-state index contributed by atoms with van der Waals surface area (Å²) in [5.74, 6) is 0.520. The predicted molar refractivity (Wildman–Crippen MR) is 83.1 cm³/mol. The van der Waals surface area contributed by atoms with Crippen molar-refractivity contribution in [3.05, 3.63) is 56.8 Å². The molecule has 2 amide bonds. The van der Waals surface area contributed by atoms with E-state index in [2.05, 4.69) is 10.6 Å². The smallest absolute Gasteiger partial charge is 0.315 e. The van der Waals surface area contributed by atoms with Gasteiger partial charge in [0, 0.05) is 17.0 Å². The SMILES string of the molecule is O=C(NCCOc1ccc([N+](=O)[O-])cc1)NCc1cccs1. The summed E-state index contributed by atoms with van der Waals surface area (Å²) in [6, 6.07) is 9.40. The largest absolute Gasteiger partial charge is 0.492 e. The number of hydrogen-bond acceptors (Lipinski definition) is 5. The van der Waals surface area contributed by atoms with Gasteiger partial charge in [0.05, 0.1) is 18.0 Å². The maximum atomic E-state index is 11.5. The number of urea groups is 1. The normalized spacial score (nSPS) is 10.0. The number of ether oxygens (including phenoxy) is 1. The molecule has 0 fully saturated rings. The number of nitrogens with one attached hydrogen (secondary N) is 2. The molecular formula is C14H15N3O4S. The zero-order chi connectivity index (χ0) is 15.8. The summed E-state index contributed by atoms with van der Waals surface area (Å²) in [5, 5.41) is 17.9. The Kier molecular flexibility index (Phi) is 5.73. The fourth-order valence-electron chi connectivity index (χ4n) is 1.64. The summed E-state index contributed by atoms with van der Waals surface area (Å²) < 4.78 is 5.38. The topological polar surface area (TPSA) is 93.5 Å². The quantitative estimate of drug-likeness (QED) is 0.465. The Bertz CT molecular complexity index is 614. The van der Waals surface area contributed by atoms with E-state index in [4.69, 9.17) is 4.74 Å². The Morgan fingerprint density at radius 2 is 2.00 bits per heavy atom. The molecule has 0 unspecified atom stereocenters. The van der Waals surface area contributed by atoms with E-state index in [1.165, 1.54) is 24.3 Å². The monoisotopic (exact) mass is 321 g/mol. The number of rotatable bonds is 7. The van der Waals surface area contributed by atoms with Crippen molar-refractivity contribution in [2.45, 2.75) is 6.54 Å². The van der Waals surface area contributed by atoms with Gasteiger partial charge >= 0.3 is 6.03 Å². The van der Waals surface area contributed by atoms with Crippen LogP contribution in [-0.2, 0) is 6.54 Å². The summed E-state index contributed by atoms with van der Waals surface area (Å²) in [5.41, 5.74) is 0.0124. The molecule has 1 aromatic carbocycles. The zero-order valence-corrected chi connectivity index (χ0v) is 12.5. The van der Waals surface area contributed by atoms with Gasteiger partial charge in [0.1, 0.15) is 12.4 Å². The third-order valence-electron chi connectivity index (χ3n) is 2.71. The van der Waals surface area contributed by atoms with Crippen molar-refractivity contribution in [2.24, 2.45) is 0 Å². The van der Waals surface area contributed by atoms with Gasteiger partial charge in [-0.2, -0.15) is 0 Å². The molecule has 22 heavy (non-hydrogen) atoms. The second-order valence-corrected chi connectivity index (χ2v) is 5.32. The van der Waals surface area contributed by atoms with Gasteiger partial charge in [-0.25, -0.2) is 4.79 Å². The van der Waals surface area contributed by atoms with E-state index in [0.29, 0.717) is 18.8 Å². The highest BCUT2D eigenvalue weighted by Gasteiger charge is 2.04. The standard InChI is InChI=1S/C14H15N3O4S/c18-14(16-10-13-2-1-9-22-13)15-7-8-21-12-5-3-11(4-6-12)17(19)20/h1-6,9H,7-8,10H2,(H2,15,16,18). The third kappa shape index (κ3) is 5.06. The number of nitro groups is 1. The Labute approximate surface area is 131 Å². The van der Waals surface area contributed by atoms with Crippen molar-refractivity contribution in [1.29, 1.82) is 0 Å². The van der Waals surface area contributed by atoms with Gasteiger partial charge in [-0.1, -0.05) is 6.07 Å². The lowest BCUT2D eigenvalue weighted by molar-refractivity contribution is -0.384. The molecule has 1 heterocycles. The van der Waals surface area contributed by atoms with Crippen LogP contribution in [0.5, 0.6) is 5.75 Å². The second kappa shape index (κ2) is 7.99. The van der Waals surface area contributed by atoms with Crippen LogP contribution in [-0.4, -0.2) is 24.1 Å². The Morgan fingerprint density at radius 3 is 2.64 bits per heavy atom. The van der Waals surface area contributed by atoms with Gasteiger partial charge in [0.2, 0.25) is 0 Å². The molecule has 0 aliphatic carbocycles. The highest BCUT2D eigenvalue weighted by atomic mass is 32.1. The summed E-state index contributed by atoms with van der Waals surface area (Å²) in [6.45, 7) is 1.12. The molecule has 1 aromatic heterocycles. The zero-order valence-electron chi connectivity index (χ0n) is 11.7. The van der Waals surface area contributed by atoms with Crippen LogP contribution in [0.3, 0.4) is 0 Å². The lowest BCUT2D eigenvalue weighted by Crippen LogP contribution is -2.37. The van der Waals surface area contributed by atoms with E-state index in [1.54, 1.807) is 11.3 Å². The van der Waals surface area contributed by atoms with Crippen molar-refractivity contribution in [3.8, 4) is 5.75 Å². The molecule has 0 bridgehead atoms. The first-order valence-electron chi connectivity index (χ1n) is 6.56. The van der Waals surface area contributed by atoms with Crippen LogP contribution in [0.15, 0.2) is 41.8 Å². The number of carbonyl (C=O) groups is 1. The van der Waals surface area contributed by atoms with Crippen LogP contribution in [0.2, 0.25) is 0 Å². The van der Waals surface area contributed by atoms with Crippen molar-refractivity contribution >= 4 is 23.1 Å². The number of non-ortho nitro benzene ring substituents is 1. The average molecular weight is 321 g/mol. The summed E-state index contributed by atoms with van der Waals surface area (Å²) >= 11 is 1.58. The lowest BCUT2D eigenvalue weighted by atomic mass is 10.3. The molecular weight excluding hydrogens is 306 g/mol. The number of nitrogens with zero attached hydrogens (tertiary/aromatic N) is 1. The van der Waals surface area contributed by atoms with Gasteiger partial charge in [0.15, 0.2) is 0 Å². The minimum Gasteiger partial charge on any atom is -0.492 e. The molecule has 2 rings (SSSR count). The third-order valence-corrected chi connectivity index (χ3v) is 3.58. The van der Waals surface area contributed by atoms with Crippen LogP contribution < -0.4 is 15.4 Å². The van der Waals surface area contributed by atoms with Crippen LogP contribution in [0.25, 0.3) is 0 Å². The van der Waals surface area contributed by atoms with Crippen LogP contribution in [0.4, 0.5) is 10.5 Å². The molecule has 0 spiro atoms. The second-order valence-electron chi connectivity index (χ2n) is 4.29. The lowest BCUT2D eigenvalue weighted by Gasteiger charge is -2.08. The Hall–Kier alpha value is -2.61. The number of carbonyl (C=O) groups excluding carboxylic acids is 1. The predicted octanol–water partition coefficient (Wildman–Crippen LogP) is 2.53. The Morgan fingerprint density at radius 1 is 1.23 bits per heavy atom. The summed E-state index contributed by atoms with van der Waals surface area (Å²) in [7, 11) is 0. The highest BCUT2D eigenvalue weighted by molar-refractivity contribution is 7.09. The maximum absolute atomic E-state index is 11.5. The highest BCUT2D eigenvalue weighted by Crippen LogP contribution is 2.16. The van der Waals surface area contributed by atoms with Gasteiger partial charge < -0.3 is 15.4 Å². The minimum atomic E-state index is -0.469. The summed E-state index contributed by atoms with van der Waals surface area (Å²) in [6.07, 6.45) is 0. The van der Waals surface area contributed by atoms with E-state index in [9.17, 15) is 14.9 Å². The van der Waals surface area contributed by atoms with Crippen molar-refractivity contribution in [3.63, 3.8) is 0 Å².